The van der Waals surface area contributed by atoms with E-state index in [-0.39, 0.29) is 12.2 Å². The highest BCUT2D eigenvalue weighted by Crippen LogP contribution is 2.12. The second-order valence-corrected chi connectivity index (χ2v) is 4.21. The van der Waals surface area contributed by atoms with E-state index in [1.54, 1.807) is 13.0 Å². The molecule has 1 aromatic carbocycles. The summed E-state index contributed by atoms with van der Waals surface area (Å²) >= 11 is 0. The van der Waals surface area contributed by atoms with Crippen LogP contribution in [0.2, 0.25) is 0 Å². The maximum absolute atomic E-state index is 11.4. The van der Waals surface area contributed by atoms with Crippen LogP contribution in [0.25, 0.3) is 5.57 Å². The van der Waals surface area contributed by atoms with Gasteiger partial charge in [-0.1, -0.05) is 48.6 Å². The quantitative estimate of drug-likeness (QED) is 0.287. The molecule has 0 aliphatic heterocycles. The molecule has 0 radical (unpaired) electrons. The minimum Gasteiger partial charge on any atom is -0.477 e. The normalized spacial score (nSPS) is 12.5. The lowest BCUT2D eigenvalue weighted by atomic mass is 10.1. The smallest absolute Gasteiger partial charge is 0.345 e. The standard InChI is InChI=1S/C17H18O4/c1-3-21-17(20)15(16(18)19)12-8-7-9-13(2)14-10-5-4-6-11-14/h4-12H,3H2,1-2H3,(H,18,19). The largest absolute Gasteiger partial charge is 0.477 e. The third-order valence-electron chi connectivity index (χ3n) is 2.68. The van der Waals surface area contributed by atoms with Gasteiger partial charge in [0.15, 0.2) is 0 Å². The highest BCUT2D eigenvalue weighted by Gasteiger charge is 2.16. The number of carbonyl (C=O) groups is 2. The minimum absolute atomic E-state index is 0.139. The number of allylic oxidation sites excluding steroid dienone is 5. The van der Waals surface area contributed by atoms with Gasteiger partial charge in [0, 0.05) is 0 Å². The number of rotatable bonds is 6. The molecule has 0 saturated carbocycles. The van der Waals surface area contributed by atoms with Crippen molar-refractivity contribution in [1.29, 1.82) is 0 Å². The Kier molecular flexibility index (Phi) is 6.68. The Hall–Kier alpha value is -2.62. The summed E-state index contributed by atoms with van der Waals surface area (Å²) in [6.07, 6.45) is 6.27. The molecule has 0 aliphatic carbocycles. The number of carbonyl (C=O) groups excluding carboxylic acids is 1. The van der Waals surface area contributed by atoms with E-state index in [1.165, 1.54) is 12.2 Å². The van der Waals surface area contributed by atoms with Crippen molar-refractivity contribution in [1.82, 2.24) is 0 Å². The highest BCUT2D eigenvalue weighted by molar-refractivity contribution is 6.13. The maximum Gasteiger partial charge on any atom is 0.345 e. The average Bonchev–Trinajstić information content (AvgIpc) is 2.47. The first-order chi connectivity index (χ1) is 10.1. The van der Waals surface area contributed by atoms with Gasteiger partial charge < -0.3 is 9.84 Å². The summed E-state index contributed by atoms with van der Waals surface area (Å²) in [6, 6.07) is 9.79. The van der Waals surface area contributed by atoms with Crippen molar-refractivity contribution in [2.45, 2.75) is 13.8 Å². The minimum atomic E-state index is -1.30. The molecule has 0 spiro atoms. The van der Waals surface area contributed by atoms with Gasteiger partial charge in [-0.2, -0.15) is 0 Å². The van der Waals surface area contributed by atoms with E-state index in [1.807, 2.05) is 43.3 Å². The number of esters is 1. The van der Waals surface area contributed by atoms with E-state index in [0.29, 0.717) is 0 Å². The van der Waals surface area contributed by atoms with Gasteiger partial charge in [0.2, 0.25) is 0 Å². The Balaban J connectivity index is 2.81. The fourth-order valence-electron chi connectivity index (χ4n) is 1.58. The first-order valence-corrected chi connectivity index (χ1v) is 6.57. The summed E-state index contributed by atoms with van der Waals surface area (Å²) in [6.45, 7) is 3.71. The van der Waals surface area contributed by atoms with Gasteiger partial charge in [0.05, 0.1) is 6.61 Å². The van der Waals surface area contributed by atoms with Crippen LogP contribution in [0.1, 0.15) is 19.4 Å². The molecule has 4 nitrogen and oxygen atoms in total. The molecule has 0 saturated heterocycles. The lowest BCUT2D eigenvalue weighted by Crippen LogP contribution is -2.15. The zero-order valence-electron chi connectivity index (χ0n) is 12.1. The van der Waals surface area contributed by atoms with Gasteiger partial charge in [-0.25, -0.2) is 9.59 Å². The molecule has 110 valence electrons. The van der Waals surface area contributed by atoms with E-state index in [4.69, 9.17) is 5.11 Å². The molecule has 0 fully saturated rings. The van der Waals surface area contributed by atoms with Crippen molar-refractivity contribution in [3.05, 3.63) is 65.8 Å². The molecule has 1 rings (SSSR count). The molecule has 0 amide bonds. The van der Waals surface area contributed by atoms with Crippen molar-refractivity contribution in [3.8, 4) is 0 Å². The van der Waals surface area contributed by atoms with E-state index in [2.05, 4.69) is 4.74 Å². The third-order valence-corrected chi connectivity index (χ3v) is 2.68. The number of benzene rings is 1. The number of carboxylic acids is 1. The Morgan fingerprint density at radius 2 is 1.76 bits per heavy atom. The van der Waals surface area contributed by atoms with Crippen molar-refractivity contribution in [3.63, 3.8) is 0 Å². The van der Waals surface area contributed by atoms with Crippen LogP contribution in [0.4, 0.5) is 0 Å². The SMILES string of the molecule is CCOC(=O)C(=CC=CC=C(C)c1ccccc1)C(=O)O. The van der Waals surface area contributed by atoms with Gasteiger partial charge in [0.25, 0.3) is 0 Å². The molecule has 0 atom stereocenters. The second kappa shape index (κ2) is 8.53. The van der Waals surface area contributed by atoms with Crippen LogP contribution in [0.15, 0.2) is 60.2 Å². The van der Waals surface area contributed by atoms with Crippen molar-refractivity contribution in [2.75, 3.05) is 6.61 Å². The Bertz CT molecular complexity index is 580. The van der Waals surface area contributed by atoms with E-state index in [9.17, 15) is 9.59 Å². The Morgan fingerprint density at radius 1 is 1.14 bits per heavy atom. The summed E-state index contributed by atoms with van der Waals surface area (Å²) < 4.78 is 4.68. The highest BCUT2D eigenvalue weighted by atomic mass is 16.5. The average molecular weight is 286 g/mol. The van der Waals surface area contributed by atoms with Gasteiger partial charge in [-0.15, -0.1) is 0 Å². The second-order valence-electron chi connectivity index (χ2n) is 4.21. The van der Waals surface area contributed by atoms with E-state index in [0.717, 1.165) is 11.1 Å². The summed E-state index contributed by atoms with van der Waals surface area (Å²) in [7, 11) is 0. The van der Waals surface area contributed by atoms with Gasteiger partial charge in [0.1, 0.15) is 5.57 Å². The summed E-state index contributed by atoms with van der Waals surface area (Å²) in [4.78, 5) is 22.4. The van der Waals surface area contributed by atoms with Gasteiger partial charge >= 0.3 is 11.9 Å². The monoisotopic (exact) mass is 286 g/mol. The summed E-state index contributed by atoms with van der Waals surface area (Å²) in [5.74, 6) is -2.14. The first-order valence-electron chi connectivity index (χ1n) is 6.57. The van der Waals surface area contributed by atoms with Crippen LogP contribution in [0.3, 0.4) is 0 Å². The molecule has 1 aromatic rings. The van der Waals surface area contributed by atoms with Crippen LogP contribution < -0.4 is 0 Å². The van der Waals surface area contributed by atoms with E-state index < -0.39 is 11.9 Å². The first kappa shape index (κ1) is 16.4. The van der Waals surface area contributed by atoms with Crippen molar-refractivity contribution >= 4 is 17.5 Å². The number of ether oxygens (including phenoxy) is 1. The topological polar surface area (TPSA) is 63.6 Å². The lowest BCUT2D eigenvalue weighted by Gasteiger charge is -2.00. The van der Waals surface area contributed by atoms with Crippen LogP contribution in [-0.4, -0.2) is 23.7 Å². The zero-order chi connectivity index (χ0) is 15.7. The Labute approximate surface area is 124 Å². The molecule has 0 bridgehead atoms. The molecular weight excluding hydrogens is 268 g/mol. The molecule has 0 aliphatic rings. The fourth-order valence-corrected chi connectivity index (χ4v) is 1.58. The molecular formula is C17H18O4. The van der Waals surface area contributed by atoms with Crippen molar-refractivity contribution in [2.24, 2.45) is 0 Å². The maximum atomic E-state index is 11.4. The van der Waals surface area contributed by atoms with Crippen LogP contribution in [0, 0.1) is 0 Å². The lowest BCUT2D eigenvalue weighted by molar-refractivity contribution is -0.143. The molecule has 0 heterocycles. The predicted octanol–water partition coefficient (Wildman–Crippen LogP) is 3.22. The molecule has 4 heteroatoms. The molecule has 0 unspecified atom stereocenters. The molecule has 21 heavy (non-hydrogen) atoms. The summed E-state index contributed by atoms with van der Waals surface area (Å²) in [5, 5.41) is 8.94. The predicted molar refractivity (Wildman–Crippen MR) is 81.6 cm³/mol. The number of hydrogen-bond donors (Lipinski definition) is 1. The molecule has 1 N–H and O–H groups in total. The van der Waals surface area contributed by atoms with Crippen LogP contribution >= 0.6 is 0 Å². The zero-order valence-corrected chi connectivity index (χ0v) is 12.1. The number of hydrogen-bond acceptors (Lipinski definition) is 3. The third kappa shape index (κ3) is 5.48. The van der Waals surface area contributed by atoms with Crippen LogP contribution in [0.5, 0.6) is 0 Å². The Morgan fingerprint density at radius 3 is 2.33 bits per heavy atom. The fraction of sp³-hybridized carbons (Fsp3) is 0.176. The van der Waals surface area contributed by atoms with Crippen LogP contribution in [-0.2, 0) is 14.3 Å². The van der Waals surface area contributed by atoms with Crippen molar-refractivity contribution < 1.29 is 19.4 Å². The summed E-state index contributed by atoms with van der Waals surface area (Å²) in [5.41, 5.74) is 1.72. The van der Waals surface area contributed by atoms with E-state index >= 15 is 0 Å². The van der Waals surface area contributed by atoms with Gasteiger partial charge in [-0.05, 0) is 31.1 Å². The number of aliphatic carboxylic acids is 1. The number of carboxylic acid groups (broad SMARTS) is 1. The molecule has 0 aromatic heterocycles. The van der Waals surface area contributed by atoms with Gasteiger partial charge in [-0.3, -0.25) is 0 Å².